The van der Waals surface area contributed by atoms with E-state index in [1.54, 1.807) is 6.08 Å². The zero-order valence-corrected chi connectivity index (χ0v) is 15.7. The van der Waals surface area contributed by atoms with Crippen LogP contribution in [0, 0.1) is 28.6 Å². The standard InChI is InChI=1S/C21H28O5/c1-19-8-6-13(22)10-12(19)4-5-14-15-7-9-21(25,18(24)26-3)20(15,2)11-16(23)17(14)19/h4,6,8,14-17,23,25H,5,7,9-11H2,1-3H3/t14?,15?,16?,17?,19?,20?,21-/m0/s1. The van der Waals surface area contributed by atoms with Gasteiger partial charge in [-0.15, -0.1) is 0 Å². The molecule has 0 bridgehead atoms. The van der Waals surface area contributed by atoms with Gasteiger partial charge in [-0.05, 0) is 43.6 Å². The van der Waals surface area contributed by atoms with Gasteiger partial charge in [-0.25, -0.2) is 4.79 Å². The van der Waals surface area contributed by atoms with E-state index in [2.05, 4.69) is 13.0 Å². The number of carbonyl (C=O) groups is 2. The number of hydrogen-bond acceptors (Lipinski definition) is 5. The molecule has 2 N–H and O–H groups in total. The van der Waals surface area contributed by atoms with Crippen LogP contribution in [-0.4, -0.2) is 40.8 Å². The molecule has 4 aliphatic carbocycles. The lowest BCUT2D eigenvalue weighted by molar-refractivity contribution is -0.193. The van der Waals surface area contributed by atoms with E-state index in [0.717, 1.165) is 18.4 Å². The Morgan fingerprint density at radius 3 is 2.77 bits per heavy atom. The van der Waals surface area contributed by atoms with Crippen LogP contribution in [0.5, 0.6) is 0 Å². The summed E-state index contributed by atoms with van der Waals surface area (Å²) < 4.78 is 4.91. The molecule has 0 heterocycles. The summed E-state index contributed by atoms with van der Waals surface area (Å²) in [5.41, 5.74) is -1.46. The maximum Gasteiger partial charge on any atom is 0.338 e. The molecule has 0 amide bonds. The Bertz CT molecular complexity index is 724. The van der Waals surface area contributed by atoms with E-state index in [4.69, 9.17) is 4.74 Å². The first-order valence-electron chi connectivity index (χ1n) is 9.58. The summed E-state index contributed by atoms with van der Waals surface area (Å²) in [7, 11) is 1.31. The third-order valence-corrected chi connectivity index (χ3v) is 8.13. The van der Waals surface area contributed by atoms with Gasteiger partial charge in [0.05, 0.1) is 13.2 Å². The number of methoxy groups -OCH3 is 1. The van der Waals surface area contributed by atoms with Crippen molar-refractivity contribution in [1.82, 2.24) is 0 Å². The number of aliphatic hydroxyl groups is 2. The van der Waals surface area contributed by atoms with Gasteiger partial charge < -0.3 is 14.9 Å². The Morgan fingerprint density at radius 1 is 1.35 bits per heavy atom. The highest BCUT2D eigenvalue weighted by molar-refractivity contribution is 5.93. The maximum atomic E-state index is 12.4. The largest absolute Gasteiger partial charge is 0.467 e. The van der Waals surface area contributed by atoms with Crippen molar-refractivity contribution < 1.29 is 24.5 Å². The SMILES string of the molecule is COC(=O)[C@@]1(O)CCC2C3CC=C4CC(=O)C=CC4(C)C3C(O)CC21C. The minimum Gasteiger partial charge on any atom is -0.467 e. The average molecular weight is 360 g/mol. The Morgan fingerprint density at radius 2 is 2.08 bits per heavy atom. The summed E-state index contributed by atoms with van der Waals surface area (Å²) in [5.74, 6) is -0.155. The monoisotopic (exact) mass is 360 g/mol. The number of esters is 1. The molecule has 0 aromatic carbocycles. The van der Waals surface area contributed by atoms with Crippen molar-refractivity contribution in [1.29, 1.82) is 0 Å². The molecule has 142 valence electrons. The molecule has 26 heavy (non-hydrogen) atoms. The normalized spacial score (nSPS) is 49.7. The summed E-state index contributed by atoms with van der Waals surface area (Å²) in [6.07, 6.45) is 7.85. The van der Waals surface area contributed by atoms with Crippen molar-refractivity contribution in [2.24, 2.45) is 28.6 Å². The zero-order valence-electron chi connectivity index (χ0n) is 15.7. The molecular formula is C21H28O5. The molecule has 0 spiro atoms. The van der Waals surface area contributed by atoms with Crippen LogP contribution >= 0.6 is 0 Å². The number of carbonyl (C=O) groups excluding carboxylic acids is 2. The fraction of sp³-hybridized carbons (Fsp3) is 0.714. The summed E-state index contributed by atoms with van der Waals surface area (Å²) in [4.78, 5) is 24.2. The Balaban J connectivity index is 1.76. The predicted octanol–water partition coefficient (Wildman–Crippen LogP) is 2.17. The van der Waals surface area contributed by atoms with Crippen LogP contribution in [0.1, 0.15) is 46.0 Å². The van der Waals surface area contributed by atoms with Gasteiger partial charge in [0.1, 0.15) is 0 Å². The molecule has 0 aromatic rings. The average Bonchev–Trinajstić information content (AvgIpc) is 2.86. The Labute approximate surface area is 154 Å². The number of hydrogen-bond donors (Lipinski definition) is 2. The number of aliphatic hydroxyl groups excluding tert-OH is 1. The highest BCUT2D eigenvalue weighted by atomic mass is 16.5. The van der Waals surface area contributed by atoms with Gasteiger partial charge in [0.25, 0.3) is 0 Å². The number of fused-ring (bicyclic) bond motifs is 5. The Hall–Kier alpha value is -1.46. The van der Waals surface area contributed by atoms with Gasteiger partial charge in [0, 0.05) is 23.2 Å². The number of allylic oxidation sites excluding steroid dienone is 4. The molecule has 0 saturated heterocycles. The molecule has 5 nitrogen and oxygen atoms in total. The Kier molecular flexibility index (Phi) is 3.81. The van der Waals surface area contributed by atoms with Gasteiger partial charge in [-0.2, -0.15) is 0 Å². The van der Waals surface area contributed by atoms with Crippen molar-refractivity contribution >= 4 is 11.8 Å². The summed E-state index contributed by atoms with van der Waals surface area (Å²) in [6.45, 7) is 4.05. The molecule has 7 atom stereocenters. The van der Waals surface area contributed by atoms with Crippen LogP contribution in [0.25, 0.3) is 0 Å². The molecule has 0 radical (unpaired) electrons. The number of ketones is 1. The summed E-state index contributed by atoms with van der Waals surface area (Å²) in [6, 6.07) is 0. The lowest BCUT2D eigenvalue weighted by Crippen LogP contribution is -2.61. The summed E-state index contributed by atoms with van der Waals surface area (Å²) in [5, 5.41) is 22.4. The van der Waals surface area contributed by atoms with Crippen LogP contribution in [0.15, 0.2) is 23.8 Å². The van der Waals surface area contributed by atoms with Crippen LogP contribution < -0.4 is 0 Å². The van der Waals surface area contributed by atoms with Gasteiger partial charge in [-0.1, -0.05) is 31.6 Å². The predicted molar refractivity (Wildman–Crippen MR) is 95.0 cm³/mol. The number of rotatable bonds is 1. The third kappa shape index (κ3) is 2.04. The minimum atomic E-state index is -1.54. The zero-order chi connectivity index (χ0) is 18.9. The van der Waals surface area contributed by atoms with E-state index < -0.39 is 23.1 Å². The minimum absolute atomic E-state index is 0.00456. The van der Waals surface area contributed by atoms with Crippen LogP contribution in [0.3, 0.4) is 0 Å². The van der Waals surface area contributed by atoms with E-state index in [-0.39, 0.29) is 29.0 Å². The molecular weight excluding hydrogens is 332 g/mol. The molecule has 2 fully saturated rings. The van der Waals surface area contributed by atoms with Gasteiger partial charge >= 0.3 is 5.97 Å². The second-order valence-electron chi connectivity index (χ2n) is 9.10. The molecule has 0 aliphatic heterocycles. The first-order chi connectivity index (χ1) is 12.2. The van der Waals surface area contributed by atoms with E-state index in [1.165, 1.54) is 7.11 Å². The van der Waals surface area contributed by atoms with Gasteiger partial charge in [-0.3, -0.25) is 4.79 Å². The van der Waals surface area contributed by atoms with Crippen molar-refractivity contribution in [2.75, 3.05) is 7.11 Å². The van der Waals surface area contributed by atoms with Crippen molar-refractivity contribution in [3.05, 3.63) is 23.8 Å². The van der Waals surface area contributed by atoms with Crippen LogP contribution in [0.4, 0.5) is 0 Å². The van der Waals surface area contributed by atoms with Gasteiger partial charge in [0.2, 0.25) is 0 Å². The van der Waals surface area contributed by atoms with E-state index in [1.807, 2.05) is 13.0 Å². The van der Waals surface area contributed by atoms with E-state index >= 15 is 0 Å². The molecule has 2 saturated carbocycles. The maximum absolute atomic E-state index is 12.4. The second kappa shape index (κ2) is 5.52. The highest BCUT2D eigenvalue weighted by Crippen LogP contribution is 2.66. The fourth-order valence-corrected chi connectivity index (χ4v) is 6.74. The molecule has 0 aromatic heterocycles. The summed E-state index contributed by atoms with van der Waals surface area (Å²) >= 11 is 0. The van der Waals surface area contributed by atoms with E-state index in [9.17, 15) is 19.8 Å². The highest BCUT2D eigenvalue weighted by Gasteiger charge is 2.68. The van der Waals surface area contributed by atoms with Crippen molar-refractivity contribution in [2.45, 2.75) is 57.7 Å². The third-order valence-electron chi connectivity index (χ3n) is 8.13. The van der Waals surface area contributed by atoms with Crippen molar-refractivity contribution in [3.8, 4) is 0 Å². The topological polar surface area (TPSA) is 83.8 Å². The van der Waals surface area contributed by atoms with Crippen LogP contribution in [0.2, 0.25) is 0 Å². The number of ether oxygens (including phenoxy) is 1. The smallest absolute Gasteiger partial charge is 0.338 e. The molecule has 5 heteroatoms. The van der Waals surface area contributed by atoms with Crippen molar-refractivity contribution in [3.63, 3.8) is 0 Å². The quantitative estimate of drug-likeness (QED) is 0.553. The first-order valence-corrected chi connectivity index (χ1v) is 9.58. The lowest BCUT2D eigenvalue weighted by atomic mass is 9.47. The molecule has 6 unspecified atom stereocenters. The first kappa shape index (κ1) is 17.9. The van der Waals surface area contributed by atoms with E-state index in [0.29, 0.717) is 19.3 Å². The second-order valence-corrected chi connectivity index (χ2v) is 9.10. The lowest BCUT2D eigenvalue weighted by Gasteiger charge is -2.58. The van der Waals surface area contributed by atoms with Gasteiger partial charge in [0.15, 0.2) is 11.4 Å². The molecule has 4 aliphatic rings. The van der Waals surface area contributed by atoms with Crippen LogP contribution in [-0.2, 0) is 14.3 Å². The fourth-order valence-electron chi connectivity index (χ4n) is 6.74. The molecule has 4 rings (SSSR count).